The number of carbonyl (C=O) groups is 1. The molecule has 27 heavy (non-hydrogen) atoms. The van der Waals surface area contributed by atoms with Crippen LogP contribution in [0.4, 0.5) is 11.4 Å². The largest absolute Gasteiger partial charge is 0.325 e. The van der Waals surface area contributed by atoms with E-state index in [9.17, 15) is 13.2 Å². The molecule has 142 valence electrons. The number of nitrogens with zero attached hydrogens (tertiary/aromatic N) is 2. The molecule has 0 unspecified atom stereocenters. The van der Waals surface area contributed by atoms with Gasteiger partial charge < -0.3 is 5.32 Å². The van der Waals surface area contributed by atoms with Crippen molar-refractivity contribution in [3.05, 3.63) is 59.2 Å². The van der Waals surface area contributed by atoms with E-state index in [1.165, 1.54) is 0 Å². The minimum Gasteiger partial charge on any atom is -0.325 e. The first kappa shape index (κ1) is 20.5. The SMILES string of the molecule is Cc1cccc(C(C)C)c1N(CC(=O)Nc1ccc(C#N)cc1)S(C)(=O)=O. The topological polar surface area (TPSA) is 90.3 Å². The van der Waals surface area contributed by atoms with E-state index >= 15 is 0 Å². The fourth-order valence-corrected chi connectivity index (χ4v) is 3.74. The summed E-state index contributed by atoms with van der Waals surface area (Å²) in [7, 11) is -3.67. The van der Waals surface area contributed by atoms with Crippen LogP contribution in [-0.2, 0) is 14.8 Å². The molecule has 0 aliphatic carbocycles. The Labute approximate surface area is 160 Å². The molecule has 6 nitrogen and oxygen atoms in total. The molecule has 2 aromatic carbocycles. The Morgan fingerprint density at radius 1 is 1.19 bits per heavy atom. The van der Waals surface area contributed by atoms with Gasteiger partial charge in [-0.3, -0.25) is 9.10 Å². The summed E-state index contributed by atoms with van der Waals surface area (Å²) in [4.78, 5) is 12.5. The third-order valence-electron chi connectivity index (χ3n) is 4.13. The maximum Gasteiger partial charge on any atom is 0.245 e. The standard InChI is InChI=1S/C20H23N3O3S/c1-14(2)18-7-5-6-15(3)20(18)23(27(4,25)26)13-19(24)22-17-10-8-16(12-21)9-11-17/h5-11,14H,13H2,1-4H3,(H,22,24). The first-order valence-electron chi connectivity index (χ1n) is 8.50. The molecule has 0 saturated carbocycles. The predicted molar refractivity (Wildman–Crippen MR) is 107 cm³/mol. The normalized spacial score (nSPS) is 11.1. The van der Waals surface area contributed by atoms with E-state index in [4.69, 9.17) is 5.26 Å². The summed E-state index contributed by atoms with van der Waals surface area (Å²) in [5.41, 5.74) is 3.18. The molecule has 0 atom stereocenters. The number of sulfonamides is 1. The van der Waals surface area contributed by atoms with E-state index in [1.807, 2.05) is 45.0 Å². The van der Waals surface area contributed by atoms with Gasteiger partial charge >= 0.3 is 0 Å². The van der Waals surface area contributed by atoms with Crippen LogP contribution >= 0.6 is 0 Å². The summed E-state index contributed by atoms with van der Waals surface area (Å²) in [6.07, 6.45) is 1.10. The number of aryl methyl sites for hydroxylation is 1. The maximum absolute atomic E-state index is 12.5. The molecule has 0 radical (unpaired) electrons. The zero-order chi connectivity index (χ0) is 20.2. The number of hydrogen-bond donors (Lipinski definition) is 1. The van der Waals surface area contributed by atoms with Crippen LogP contribution in [0.3, 0.4) is 0 Å². The average Bonchev–Trinajstić information content (AvgIpc) is 2.59. The van der Waals surface area contributed by atoms with Gasteiger partial charge in [0.15, 0.2) is 0 Å². The minimum absolute atomic E-state index is 0.103. The van der Waals surface area contributed by atoms with Crippen molar-refractivity contribution in [1.29, 1.82) is 5.26 Å². The Morgan fingerprint density at radius 3 is 2.33 bits per heavy atom. The number of amides is 1. The molecule has 0 heterocycles. The molecule has 0 bridgehead atoms. The van der Waals surface area contributed by atoms with Crippen LogP contribution in [0, 0.1) is 18.3 Å². The van der Waals surface area contributed by atoms with Crippen molar-refractivity contribution in [2.75, 3.05) is 22.4 Å². The lowest BCUT2D eigenvalue weighted by molar-refractivity contribution is -0.114. The van der Waals surface area contributed by atoms with E-state index in [0.29, 0.717) is 16.9 Å². The molecule has 2 aromatic rings. The molecule has 0 fully saturated rings. The molecule has 7 heteroatoms. The molecule has 2 rings (SSSR count). The van der Waals surface area contributed by atoms with Crippen molar-refractivity contribution in [1.82, 2.24) is 0 Å². The average molecular weight is 385 g/mol. The zero-order valence-corrected chi connectivity index (χ0v) is 16.7. The molecule has 0 spiro atoms. The van der Waals surface area contributed by atoms with Gasteiger partial charge in [-0.2, -0.15) is 5.26 Å². The summed E-state index contributed by atoms with van der Waals surface area (Å²) in [5, 5.41) is 11.5. The van der Waals surface area contributed by atoms with Crippen LogP contribution in [0.25, 0.3) is 0 Å². The molecule has 0 aromatic heterocycles. The van der Waals surface area contributed by atoms with Gasteiger partial charge in [-0.15, -0.1) is 0 Å². The summed E-state index contributed by atoms with van der Waals surface area (Å²) in [6, 6.07) is 14.0. The second-order valence-electron chi connectivity index (χ2n) is 6.67. The van der Waals surface area contributed by atoms with E-state index < -0.39 is 15.9 Å². The van der Waals surface area contributed by atoms with Gasteiger partial charge in [0.2, 0.25) is 15.9 Å². The number of hydrogen-bond acceptors (Lipinski definition) is 4. The molecule has 0 aliphatic rings. The predicted octanol–water partition coefficient (Wildman–Crippen LogP) is 3.39. The lowest BCUT2D eigenvalue weighted by Crippen LogP contribution is -2.38. The number of para-hydroxylation sites is 1. The van der Waals surface area contributed by atoms with Gasteiger partial charge in [0.1, 0.15) is 6.54 Å². The number of anilines is 2. The summed E-state index contributed by atoms with van der Waals surface area (Å²) >= 11 is 0. The highest BCUT2D eigenvalue weighted by Crippen LogP contribution is 2.32. The molecule has 1 amide bonds. The Hall–Kier alpha value is -2.85. The number of rotatable bonds is 6. The highest BCUT2D eigenvalue weighted by atomic mass is 32.2. The number of benzene rings is 2. The Bertz CT molecular complexity index is 975. The van der Waals surface area contributed by atoms with Crippen molar-refractivity contribution in [3.63, 3.8) is 0 Å². The second kappa shape index (κ2) is 8.23. The summed E-state index contributed by atoms with van der Waals surface area (Å²) in [6.45, 7) is 5.46. The van der Waals surface area contributed by atoms with Crippen molar-refractivity contribution in [3.8, 4) is 6.07 Å². The van der Waals surface area contributed by atoms with Crippen LogP contribution in [0.1, 0.15) is 36.5 Å². The van der Waals surface area contributed by atoms with Crippen molar-refractivity contribution in [2.24, 2.45) is 0 Å². The van der Waals surface area contributed by atoms with Crippen molar-refractivity contribution < 1.29 is 13.2 Å². The van der Waals surface area contributed by atoms with E-state index in [-0.39, 0.29) is 12.5 Å². The third kappa shape index (κ3) is 5.08. The van der Waals surface area contributed by atoms with Crippen LogP contribution in [0.2, 0.25) is 0 Å². The van der Waals surface area contributed by atoms with Crippen LogP contribution < -0.4 is 9.62 Å². The monoisotopic (exact) mass is 385 g/mol. The van der Waals surface area contributed by atoms with E-state index in [1.54, 1.807) is 24.3 Å². The first-order chi connectivity index (χ1) is 12.6. The maximum atomic E-state index is 12.5. The molecule has 0 aliphatic heterocycles. The van der Waals surface area contributed by atoms with Gasteiger partial charge in [-0.05, 0) is 48.2 Å². The van der Waals surface area contributed by atoms with Gasteiger partial charge in [0, 0.05) is 5.69 Å². The Kier molecular flexibility index (Phi) is 6.24. The third-order valence-corrected chi connectivity index (χ3v) is 5.24. The Balaban J connectivity index is 2.34. The van der Waals surface area contributed by atoms with Crippen molar-refractivity contribution >= 4 is 27.3 Å². The number of carbonyl (C=O) groups excluding carboxylic acids is 1. The molecule has 1 N–H and O–H groups in total. The van der Waals surface area contributed by atoms with Gasteiger partial charge in [0.05, 0.1) is 23.6 Å². The zero-order valence-electron chi connectivity index (χ0n) is 15.9. The first-order valence-corrected chi connectivity index (χ1v) is 10.4. The molecular weight excluding hydrogens is 362 g/mol. The quantitative estimate of drug-likeness (QED) is 0.825. The highest BCUT2D eigenvalue weighted by Gasteiger charge is 2.25. The molecule has 0 saturated heterocycles. The number of nitriles is 1. The fraction of sp³-hybridized carbons (Fsp3) is 0.300. The van der Waals surface area contributed by atoms with Crippen LogP contribution in [0.15, 0.2) is 42.5 Å². The fourth-order valence-electron chi connectivity index (χ4n) is 2.81. The lowest BCUT2D eigenvalue weighted by atomic mass is 9.98. The van der Waals surface area contributed by atoms with Gasteiger partial charge in [-0.25, -0.2) is 8.42 Å². The number of nitrogens with one attached hydrogen (secondary N) is 1. The van der Waals surface area contributed by atoms with Crippen LogP contribution in [0.5, 0.6) is 0 Å². The van der Waals surface area contributed by atoms with Gasteiger partial charge in [-0.1, -0.05) is 32.0 Å². The smallest absolute Gasteiger partial charge is 0.245 e. The minimum atomic E-state index is -3.67. The Morgan fingerprint density at radius 2 is 1.81 bits per heavy atom. The van der Waals surface area contributed by atoms with Crippen molar-refractivity contribution in [2.45, 2.75) is 26.7 Å². The van der Waals surface area contributed by atoms with E-state index in [2.05, 4.69) is 5.32 Å². The molecular formula is C20H23N3O3S. The lowest BCUT2D eigenvalue weighted by Gasteiger charge is -2.27. The second-order valence-corrected chi connectivity index (χ2v) is 8.58. The highest BCUT2D eigenvalue weighted by molar-refractivity contribution is 7.92. The summed E-state index contributed by atoms with van der Waals surface area (Å²) in [5.74, 6) is -0.353. The van der Waals surface area contributed by atoms with Crippen LogP contribution in [-0.4, -0.2) is 27.1 Å². The summed E-state index contributed by atoms with van der Waals surface area (Å²) < 4.78 is 26.0. The van der Waals surface area contributed by atoms with E-state index in [0.717, 1.165) is 21.7 Å². The van der Waals surface area contributed by atoms with Gasteiger partial charge in [0.25, 0.3) is 0 Å².